The molecule has 2 atom stereocenters. The van der Waals surface area contributed by atoms with E-state index in [-0.39, 0.29) is 18.4 Å². The Balaban J connectivity index is 0.00000264. The Morgan fingerprint density at radius 1 is 0.870 bits per heavy atom. The van der Waals surface area contributed by atoms with Crippen LogP contribution in [0.25, 0.3) is 0 Å². The second kappa shape index (κ2) is 10.9. The van der Waals surface area contributed by atoms with Gasteiger partial charge in [0, 0.05) is 0 Å². The third kappa shape index (κ3) is 7.88. The van der Waals surface area contributed by atoms with Crippen molar-refractivity contribution in [2.45, 2.75) is 19.1 Å². The number of aliphatic hydroxyl groups excluding tert-OH is 1. The molecule has 0 fully saturated rings. The molecule has 0 heterocycles. The van der Waals surface area contributed by atoms with Crippen LogP contribution in [0.3, 0.4) is 0 Å². The number of ether oxygens (including phenoxy) is 2. The maximum absolute atomic E-state index is 9.95. The predicted octanol–water partition coefficient (Wildman–Crippen LogP) is -1.54. The van der Waals surface area contributed by atoms with Gasteiger partial charge in [-0.05, 0) is 31.2 Å². The summed E-state index contributed by atoms with van der Waals surface area (Å²) in [4.78, 5) is 0. The molecule has 2 aromatic rings. The molecule has 5 heteroatoms. The van der Waals surface area contributed by atoms with Crippen molar-refractivity contribution in [2.75, 3.05) is 19.8 Å². The molecule has 0 saturated heterocycles. The van der Waals surface area contributed by atoms with Crippen molar-refractivity contribution in [1.29, 1.82) is 0 Å². The maximum Gasteiger partial charge on any atom is 0.139 e. The van der Waals surface area contributed by atoms with Crippen molar-refractivity contribution in [2.24, 2.45) is 0 Å². The summed E-state index contributed by atoms with van der Waals surface area (Å²) in [5.41, 5.74) is 0. The first-order chi connectivity index (χ1) is 10.7. The van der Waals surface area contributed by atoms with Gasteiger partial charge in [-0.2, -0.15) is 0 Å². The van der Waals surface area contributed by atoms with Crippen molar-refractivity contribution in [3.05, 3.63) is 60.7 Å². The number of quaternary nitrogens is 1. The third-order valence-corrected chi connectivity index (χ3v) is 3.25. The quantitative estimate of drug-likeness (QED) is 0.583. The SMILES string of the molecule is CC(COc1ccccc1)[NH2+]CC(O)COc1ccccc1.[Cl-]. The molecule has 2 rings (SSSR count). The topological polar surface area (TPSA) is 55.3 Å². The number of benzene rings is 2. The number of halogens is 1. The van der Waals surface area contributed by atoms with Gasteiger partial charge in [-0.25, -0.2) is 0 Å². The van der Waals surface area contributed by atoms with Crippen LogP contribution in [0.1, 0.15) is 6.92 Å². The zero-order valence-electron chi connectivity index (χ0n) is 13.3. The van der Waals surface area contributed by atoms with E-state index in [1.165, 1.54) is 0 Å². The summed E-state index contributed by atoms with van der Waals surface area (Å²) in [6.07, 6.45) is -0.501. The summed E-state index contributed by atoms with van der Waals surface area (Å²) < 4.78 is 11.2. The van der Waals surface area contributed by atoms with Gasteiger partial charge in [0.05, 0.1) is 0 Å². The first kappa shape index (κ1) is 19.3. The summed E-state index contributed by atoms with van der Waals surface area (Å²) in [5, 5.41) is 12.0. The van der Waals surface area contributed by atoms with E-state index < -0.39 is 6.10 Å². The molecule has 0 spiro atoms. The zero-order chi connectivity index (χ0) is 15.6. The predicted molar refractivity (Wildman–Crippen MR) is 86.1 cm³/mol. The van der Waals surface area contributed by atoms with E-state index in [0.29, 0.717) is 19.8 Å². The number of hydrogen-bond acceptors (Lipinski definition) is 3. The lowest BCUT2D eigenvalue weighted by atomic mass is 10.3. The van der Waals surface area contributed by atoms with Crippen LogP contribution in [0, 0.1) is 0 Å². The molecule has 0 bridgehead atoms. The van der Waals surface area contributed by atoms with Gasteiger partial charge >= 0.3 is 0 Å². The van der Waals surface area contributed by atoms with Crippen LogP contribution >= 0.6 is 0 Å². The van der Waals surface area contributed by atoms with Crippen LogP contribution in [-0.2, 0) is 0 Å². The van der Waals surface area contributed by atoms with Crippen molar-refractivity contribution in [1.82, 2.24) is 0 Å². The van der Waals surface area contributed by atoms with Gasteiger partial charge in [-0.15, -0.1) is 0 Å². The first-order valence-corrected chi connectivity index (χ1v) is 7.61. The number of rotatable bonds is 9. The molecule has 3 N–H and O–H groups in total. The molecular formula is C18H24ClNO3. The fraction of sp³-hybridized carbons (Fsp3) is 0.333. The average Bonchev–Trinajstić information content (AvgIpc) is 2.58. The highest BCUT2D eigenvalue weighted by Gasteiger charge is 2.12. The highest BCUT2D eigenvalue weighted by atomic mass is 35.5. The molecule has 0 aromatic heterocycles. The zero-order valence-corrected chi connectivity index (χ0v) is 14.0. The van der Waals surface area contributed by atoms with Crippen molar-refractivity contribution in [3.8, 4) is 11.5 Å². The van der Waals surface area contributed by atoms with Crippen LogP contribution in [0.4, 0.5) is 0 Å². The second-order valence-electron chi connectivity index (χ2n) is 5.35. The normalized spacial score (nSPS) is 12.8. The number of para-hydroxylation sites is 2. The third-order valence-electron chi connectivity index (χ3n) is 3.25. The smallest absolute Gasteiger partial charge is 0.139 e. The number of hydrogen-bond donors (Lipinski definition) is 2. The lowest BCUT2D eigenvalue weighted by Gasteiger charge is -2.15. The molecule has 23 heavy (non-hydrogen) atoms. The Morgan fingerprint density at radius 2 is 1.35 bits per heavy atom. The molecule has 2 unspecified atom stereocenters. The molecule has 0 aliphatic rings. The Kier molecular flexibility index (Phi) is 9.14. The van der Waals surface area contributed by atoms with Gasteiger partial charge < -0.3 is 32.3 Å². The molecule has 0 radical (unpaired) electrons. The summed E-state index contributed by atoms with van der Waals surface area (Å²) in [5.74, 6) is 1.65. The van der Waals surface area contributed by atoms with Gasteiger partial charge in [0.2, 0.25) is 0 Å². The van der Waals surface area contributed by atoms with E-state index >= 15 is 0 Å². The fourth-order valence-electron chi connectivity index (χ4n) is 1.98. The summed E-state index contributed by atoms with van der Waals surface area (Å²) in [7, 11) is 0. The minimum absolute atomic E-state index is 0. The fourth-order valence-corrected chi connectivity index (χ4v) is 1.98. The monoisotopic (exact) mass is 337 g/mol. The van der Waals surface area contributed by atoms with Crippen LogP contribution in [0.2, 0.25) is 0 Å². The van der Waals surface area contributed by atoms with Crippen molar-refractivity contribution < 1.29 is 32.3 Å². The Morgan fingerprint density at radius 3 is 1.87 bits per heavy atom. The van der Waals surface area contributed by atoms with E-state index in [9.17, 15) is 5.11 Å². The highest BCUT2D eigenvalue weighted by Crippen LogP contribution is 2.08. The summed E-state index contributed by atoms with van der Waals surface area (Å²) in [6, 6.07) is 19.5. The minimum Gasteiger partial charge on any atom is -1.00 e. The highest BCUT2D eigenvalue weighted by molar-refractivity contribution is 5.21. The van der Waals surface area contributed by atoms with Crippen LogP contribution in [-0.4, -0.2) is 37.0 Å². The van der Waals surface area contributed by atoms with Gasteiger partial charge in [0.25, 0.3) is 0 Å². The molecule has 0 amide bonds. The average molecular weight is 338 g/mol. The summed E-state index contributed by atoms with van der Waals surface area (Å²) in [6.45, 7) is 3.57. The van der Waals surface area contributed by atoms with E-state index in [4.69, 9.17) is 9.47 Å². The van der Waals surface area contributed by atoms with Gasteiger partial charge in [0.15, 0.2) is 0 Å². The van der Waals surface area contributed by atoms with E-state index in [1.54, 1.807) is 0 Å². The van der Waals surface area contributed by atoms with E-state index in [1.807, 2.05) is 60.7 Å². The van der Waals surface area contributed by atoms with Crippen molar-refractivity contribution in [3.63, 3.8) is 0 Å². The number of nitrogens with two attached hydrogens (primary N) is 1. The Hall–Kier alpha value is -1.75. The lowest BCUT2D eigenvalue weighted by molar-refractivity contribution is -0.692. The molecule has 0 aliphatic carbocycles. The molecular weight excluding hydrogens is 314 g/mol. The Labute approximate surface area is 143 Å². The van der Waals surface area contributed by atoms with E-state index in [0.717, 1.165) is 11.5 Å². The summed E-state index contributed by atoms with van der Waals surface area (Å²) >= 11 is 0. The van der Waals surface area contributed by atoms with Crippen molar-refractivity contribution >= 4 is 0 Å². The Bertz CT molecular complexity index is 475. The van der Waals surface area contributed by atoms with Gasteiger partial charge in [-0.1, -0.05) is 36.4 Å². The maximum atomic E-state index is 9.95. The van der Waals surface area contributed by atoms with E-state index in [2.05, 4.69) is 12.2 Å². The van der Waals surface area contributed by atoms with Crippen LogP contribution in [0.15, 0.2) is 60.7 Å². The van der Waals surface area contributed by atoms with Gasteiger partial charge in [0.1, 0.15) is 43.4 Å². The largest absolute Gasteiger partial charge is 1.00 e. The number of aliphatic hydroxyl groups is 1. The molecule has 2 aromatic carbocycles. The van der Waals surface area contributed by atoms with Crippen LogP contribution < -0.4 is 27.2 Å². The lowest BCUT2D eigenvalue weighted by Crippen LogP contribution is -3.00. The minimum atomic E-state index is -0.501. The van der Waals surface area contributed by atoms with Crippen LogP contribution in [0.5, 0.6) is 11.5 Å². The van der Waals surface area contributed by atoms with Gasteiger partial charge in [-0.3, -0.25) is 0 Å². The second-order valence-corrected chi connectivity index (χ2v) is 5.35. The molecule has 126 valence electrons. The molecule has 4 nitrogen and oxygen atoms in total. The molecule has 0 aliphatic heterocycles. The standard InChI is InChI=1S/C18H23NO3.ClH/c1-15(13-21-17-8-4-2-5-9-17)19-12-16(20)14-22-18-10-6-3-7-11-18;/h2-11,15-16,19-20H,12-14H2,1H3;1H. The molecule has 0 saturated carbocycles. The first-order valence-electron chi connectivity index (χ1n) is 7.61.